The zero-order valence-corrected chi connectivity index (χ0v) is 19.7. The molecule has 152 valence electrons. The van der Waals surface area contributed by atoms with Gasteiger partial charge in [0.25, 0.3) is 0 Å². The Labute approximate surface area is 188 Å². The summed E-state index contributed by atoms with van der Waals surface area (Å²) in [4.78, 5) is 21.3. The summed E-state index contributed by atoms with van der Waals surface area (Å²) in [6, 6.07) is 12.6. The molecule has 5 nitrogen and oxygen atoms in total. The fourth-order valence-corrected chi connectivity index (χ4v) is 4.11. The van der Waals surface area contributed by atoms with Crippen molar-refractivity contribution in [3.63, 3.8) is 0 Å². The summed E-state index contributed by atoms with van der Waals surface area (Å²) in [6.45, 7) is 5.16. The third kappa shape index (κ3) is 6.20. The van der Waals surface area contributed by atoms with Gasteiger partial charge in [0.15, 0.2) is 5.96 Å². The van der Waals surface area contributed by atoms with Gasteiger partial charge >= 0.3 is 0 Å². The van der Waals surface area contributed by atoms with Crippen LogP contribution in [0.3, 0.4) is 0 Å². The van der Waals surface area contributed by atoms with Crippen molar-refractivity contribution < 1.29 is 4.79 Å². The zero-order valence-electron chi connectivity index (χ0n) is 16.5. The predicted octanol–water partition coefficient (Wildman–Crippen LogP) is 3.92. The Morgan fingerprint density at radius 3 is 2.39 bits per heavy atom. The number of hydrogen-bond donors (Lipinski definition) is 2. The molecule has 0 atom stereocenters. The van der Waals surface area contributed by atoms with Crippen molar-refractivity contribution in [1.29, 1.82) is 0 Å². The van der Waals surface area contributed by atoms with E-state index in [4.69, 9.17) is 0 Å². The third-order valence-corrected chi connectivity index (χ3v) is 6.00. The van der Waals surface area contributed by atoms with Crippen LogP contribution in [0.25, 0.3) is 0 Å². The molecule has 0 saturated heterocycles. The van der Waals surface area contributed by atoms with Gasteiger partial charge < -0.3 is 15.5 Å². The number of benzene rings is 1. The highest BCUT2D eigenvalue weighted by Gasteiger charge is 2.22. The number of rotatable bonds is 7. The van der Waals surface area contributed by atoms with Crippen molar-refractivity contribution >= 4 is 47.2 Å². The number of carbonyl (C=O) groups is 1. The first-order chi connectivity index (χ1) is 13.2. The quantitative estimate of drug-likeness (QED) is 0.256. The Kier molecular flexibility index (Phi) is 9.24. The topological polar surface area (TPSA) is 56.7 Å². The Bertz CT molecular complexity index is 780. The molecule has 2 aromatic rings. The number of halogens is 1. The van der Waals surface area contributed by atoms with Crippen molar-refractivity contribution in [2.24, 2.45) is 4.99 Å². The molecule has 1 aromatic heterocycles. The fraction of sp³-hybridized carbons (Fsp3) is 0.429. The third-order valence-electron chi connectivity index (χ3n) is 4.77. The van der Waals surface area contributed by atoms with Crippen LogP contribution in [0.2, 0.25) is 0 Å². The van der Waals surface area contributed by atoms with Crippen LogP contribution in [-0.4, -0.2) is 30.4 Å². The standard InChI is InChI=1S/C21H28N4OS.HI/c1-3-18-10-11-19(27-18)13-24-21(22-2)23-12-6-9-20(26)25-14-16-7-4-5-8-17(16)15-25;/h4-5,7-8,10-11H,3,6,9,12-15H2,1-2H3,(H2,22,23,24);1H. The van der Waals surface area contributed by atoms with Gasteiger partial charge in [0, 0.05) is 42.9 Å². The van der Waals surface area contributed by atoms with E-state index < -0.39 is 0 Å². The largest absolute Gasteiger partial charge is 0.356 e. The second-order valence-corrected chi connectivity index (χ2v) is 7.95. The average molecular weight is 512 g/mol. The Balaban J connectivity index is 0.00000280. The lowest BCUT2D eigenvalue weighted by Gasteiger charge is -2.16. The molecule has 1 aromatic carbocycles. The number of nitrogens with one attached hydrogen (secondary N) is 2. The van der Waals surface area contributed by atoms with Crippen molar-refractivity contribution in [3.05, 3.63) is 57.3 Å². The zero-order chi connectivity index (χ0) is 19.1. The highest BCUT2D eigenvalue weighted by Crippen LogP contribution is 2.22. The first-order valence-corrected chi connectivity index (χ1v) is 10.4. The molecule has 1 aliphatic heterocycles. The molecule has 0 bridgehead atoms. The van der Waals surface area contributed by atoms with E-state index in [2.05, 4.69) is 46.8 Å². The molecule has 2 N–H and O–H groups in total. The predicted molar refractivity (Wildman–Crippen MR) is 127 cm³/mol. The second kappa shape index (κ2) is 11.4. The number of aliphatic imine (C=N–C) groups is 1. The Morgan fingerprint density at radius 2 is 1.79 bits per heavy atom. The van der Waals surface area contributed by atoms with E-state index in [1.165, 1.54) is 20.9 Å². The first kappa shape index (κ1) is 22.7. The number of nitrogens with zero attached hydrogens (tertiary/aromatic N) is 2. The van der Waals surface area contributed by atoms with Gasteiger partial charge in [0.05, 0.1) is 6.54 Å². The van der Waals surface area contributed by atoms with Gasteiger partial charge in [0.1, 0.15) is 0 Å². The van der Waals surface area contributed by atoms with Crippen LogP contribution in [-0.2, 0) is 30.8 Å². The van der Waals surface area contributed by atoms with E-state index in [0.29, 0.717) is 6.42 Å². The van der Waals surface area contributed by atoms with Crippen LogP contribution in [0.1, 0.15) is 40.6 Å². The van der Waals surface area contributed by atoms with Gasteiger partial charge in [-0.15, -0.1) is 35.3 Å². The molecule has 1 aliphatic rings. The lowest BCUT2D eigenvalue weighted by atomic mass is 10.1. The molecule has 0 aliphatic carbocycles. The number of carbonyl (C=O) groups excluding carboxylic acids is 1. The van der Waals surface area contributed by atoms with Gasteiger partial charge in [-0.2, -0.15) is 0 Å². The molecule has 0 spiro atoms. The van der Waals surface area contributed by atoms with Gasteiger partial charge in [-0.3, -0.25) is 9.79 Å². The summed E-state index contributed by atoms with van der Waals surface area (Å²) < 4.78 is 0. The van der Waals surface area contributed by atoms with Crippen LogP contribution in [0.5, 0.6) is 0 Å². The van der Waals surface area contributed by atoms with Crippen molar-refractivity contribution in [2.75, 3.05) is 13.6 Å². The summed E-state index contributed by atoms with van der Waals surface area (Å²) >= 11 is 1.83. The van der Waals surface area contributed by atoms with Crippen LogP contribution in [0.4, 0.5) is 0 Å². The number of fused-ring (bicyclic) bond motifs is 1. The van der Waals surface area contributed by atoms with E-state index in [1.807, 2.05) is 28.4 Å². The minimum atomic E-state index is 0. The van der Waals surface area contributed by atoms with Gasteiger partial charge in [0.2, 0.25) is 5.91 Å². The fourth-order valence-electron chi connectivity index (χ4n) is 3.21. The molecule has 0 radical (unpaired) electrons. The van der Waals surface area contributed by atoms with Crippen LogP contribution >= 0.6 is 35.3 Å². The number of amides is 1. The maximum absolute atomic E-state index is 12.4. The highest BCUT2D eigenvalue weighted by molar-refractivity contribution is 14.0. The lowest BCUT2D eigenvalue weighted by Crippen LogP contribution is -2.37. The molecule has 0 fully saturated rings. The SMILES string of the molecule is CCc1ccc(CNC(=NC)NCCCC(=O)N2Cc3ccccc3C2)s1.I. The van der Waals surface area contributed by atoms with E-state index in [0.717, 1.165) is 45.0 Å². The van der Waals surface area contributed by atoms with Crippen LogP contribution < -0.4 is 10.6 Å². The minimum Gasteiger partial charge on any atom is -0.356 e. The normalized spacial score (nSPS) is 13.1. The summed E-state index contributed by atoms with van der Waals surface area (Å²) in [5.41, 5.74) is 2.54. The molecule has 0 unspecified atom stereocenters. The monoisotopic (exact) mass is 512 g/mol. The van der Waals surface area contributed by atoms with Crippen molar-refractivity contribution in [2.45, 2.75) is 45.8 Å². The smallest absolute Gasteiger partial charge is 0.223 e. The molecular weight excluding hydrogens is 483 g/mol. The van der Waals surface area contributed by atoms with Crippen molar-refractivity contribution in [1.82, 2.24) is 15.5 Å². The Hall–Kier alpha value is -1.61. The second-order valence-electron chi connectivity index (χ2n) is 6.70. The van der Waals surface area contributed by atoms with E-state index >= 15 is 0 Å². The summed E-state index contributed by atoms with van der Waals surface area (Å²) in [5, 5.41) is 6.63. The molecule has 28 heavy (non-hydrogen) atoms. The molecule has 7 heteroatoms. The minimum absolute atomic E-state index is 0. The maximum atomic E-state index is 12.4. The van der Waals surface area contributed by atoms with Crippen LogP contribution in [0.15, 0.2) is 41.4 Å². The first-order valence-electron chi connectivity index (χ1n) is 9.56. The molecule has 1 amide bonds. The summed E-state index contributed by atoms with van der Waals surface area (Å²) in [6.07, 6.45) is 2.43. The average Bonchev–Trinajstić information content (AvgIpc) is 3.33. The molecular formula is C21H29IN4OS. The number of hydrogen-bond acceptors (Lipinski definition) is 3. The molecule has 0 saturated carbocycles. The number of guanidine groups is 1. The lowest BCUT2D eigenvalue weighted by molar-refractivity contribution is -0.131. The van der Waals surface area contributed by atoms with E-state index in [-0.39, 0.29) is 29.9 Å². The summed E-state index contributed by atoms with van der Waals surface area (Å²) in [5.74, 6) is 1.00. The highest BCUT2D eigenvalue weighted by atomic mass is 127. The molecule has 3 rings (SSSR count). The number of aryl methyl sites for hydroxylation is 1. The maximum Gasteiger partial charge on any atom is 0.223 e. The molecule has 2 heterocycles. The Morgan fingerprint density at radius 1 is 1.11 bits per heavy atom. The van der Waals surface area contributed by atoms with Gasteiger partial charge in [-0.25, -0.2) is 0 Å². The van der Waals surface area contributed by atoms with Crippen molar-refractivity contribution in [3.8, 4) is 0 Å². The summed E-state index contributed by atoms with van der Waals surface area (Å²) in [7, 11) is 1.77. The van der Waals surface area contributed by atoms with Gasteiger partial charge in [-0.1, -0.05) is 31.2 Å². The van der Waals surface area contributed by atoms with Gasteiger partial charge in [-0.05, 0) is 36.1 Å². The van der Waals surface area contributed by atoms with E-state index in [9.17, 15) is 4.79 Å². The van der Waals surface area contributed by atoms with Crippen LogP contribution in [0, 0.1) is 0 Å². The number of thiophene rings is 1. The van der Waals surface area contributed by atoms with E-state index in [1.54, 1.807) is 7.05 Å².